The van der Waals surface area contributed by atoms with E-state index in [-0.39, 0.29) is 5.35 Å². The third-order valence-electron chi connectivity index (χ3n) is 1.06. The van der Waals surface area contributed by atoms with Gasteiger partial charge < -0.3 is 4.52 Å². The van der Waals surface area contributed by atoms with Crippen molar-refractivity contribution in [3.8, 4) is 11.5 Å². The predicted octanol–water partition coefficient (Wildman–Crippen LogP) is 1.85. The van der Waals surface area contributed by atoms with Crippen molar-refractivity contribution in [1.29, 1.82) is 0 Å². The van der Waals surface area contributed by atoms with Crippen molar-refractivity contribution in [1.82, 2.24) is 15.1 Å². The second-order valence-corrected chi connectivity index (χ2v) is 2.79. The Bertz CT molecular complexity index is 344. The van der Waals surface area contributed by atoms with Gasteiger partial charge in [0, 0.05) is 5.38 Å². The zero-order valence-corrected chi connectivity index (χ0v) is 6.76. The third kappa shape index (κ3) is 1.24. The number of halogens is 1. The van der Waals surface area contributed by atoms with E-state index < -0.39 is 0 Å². The first-order chi connectivity index (χ1) is 5.36. The smallest absolute Gasteiger partial charge is 0.320 e. The van der Waals surface area contributed by atoms with Gasteiger partial charge in [-0.15, -0.1) is 11.3 Å². The van der Waals surface area contributed by atoms with Gasteiger partial charge in [-0.25, -0.2) is 4.98 Å². The fraction of sp³-hybridized carbons (Fsp3) is 0. The van der Waals surface area contributed by atoms with Crippen LogP contribution in [0.3, 0.4) is 0 Å². The highest BCUT2D eigenvalue weighted by Crippen LogP contribution is 2.16. The van der Waals surface area contributed by atoms with Crippen LogP contribution in [0.2, 0.25) is 5.35 Å². The lowest BCUT2D eigenvalue weighted by molar-refractivity contribution is 0.420. The fourth-order valence-electron chi connectivity index (χ4n) is 0.632. The van der Waals surface area contributed by atoms with E-state index in [1.807, 2.05) is 5.38 Å². The molecule has 2 heterocycles. The van der Waals surface area contributed by atoms with Gasteiger partial charge in [0.05, 0.1) is 5.51 Å². The number of hydrogen-bond donors (Lipinski definition) is 0. The minimum atomic E-state index is 0.0352. The van der Waals surface area contributed by atoms with Crippen LogP contribution in [0.5, 0.6) is 0 Å². The molecule has 0 aliphatic rings. The fourth-order valence-corrected chi connectivity index (χ4v) is 1.28. The molecule has 11 heavy (non-hydrogen) atoms. The van der Waals surface area contributed by atoms with E-state index in [9.17, 15) is 0 Å². The van der Waals surface area contributed by atoms with Crippen LogP contribution in [0.15, 0.2) is 15.4 Å². The summed E-state index contributed by atoms with van der Waals surface area (Å²) in [6, 6.07) is 0. The molecule has 0 bridgehead atoms. The van der Waals surface area contributed by atoms with Gasteiger partial charge in [0.15, 0.2) is 0 Å². The maximum atomic E-state index is 5.41. The lowest BCUT2D eigenvalue weighted by Crippen LogP contribution is -1.77. The van der Waals surface area contributed by atoms with Gasteiger partial charge >= 0.3 is 5.35 Å². The lowest BCUT2D eigenvalue weighted by Gasteiger charge is -1.78. The molecular formula is C5H2ClN3OS. The molecule has 0 spiro atoms. The second kappa shape index (κ2) is 2.60. The molecule has 2 aromatic heterocycles. The monoisotopic (exact) mass is 187 g/mol. The van der Waals surface area contributed by atoms with E-state index in [4.69, 9.17) is 11.6 Å². The molecule has 0 fully saturated rings. The van der Waals surface area contributed by atoms with Crippen LogP contribution >= 0.6 is 22.9 Å². The Morgan fingerprint density at radius 2 is 2.45 bits per heavy atom. The summed E-state index contributed by atoms with van der Waals surface area (Å²) in [6.45, 7) is 0. The van der Waals surface area contributed by atoms with Crippen LogP contribution < -0.4 is 0 Å². The molecule has 0 saturated carbocycles. The summed E-state index contributed by atoms with van der Waals surface area (Å²) in [5, 5.41) is 5.44. The molecule has 0 amide bonds. The van der Waals surface area contributed by atoms with E-state index in [1.165, 1.54) is 11.3 Å². The van der Waals surface area contributed by atoms with Crippen molar-refractivity contribution in [2.75, 3.05) is 0 Å². The molecule has 0 N–H and O–H groups in total. The summed E-state index contributed by atoms with van der Waals surface area (Å²) in [5.41, 5.74) is 2.38. The highest BCUT2D eigenvalue weighted by Gasteiger charge is 2.06. The van der Waals surface area contributed by atoms with Gasteiger partial charge in [0.1, 0.15) is 5.69 Å². The molecule has 0 saturated heterocycles. The van der Waals surface area contributed by atoms with Crippen molar-refractivity contribution in [3.63, 3.8) is 0 Å². The molecule has 56 valence electrons. The topological polar surface area (TPSA) is 51.8 Å². The lowest BCUT2D eigenvalue weighted by atomic mass is 10.5. The van der Waals surface area contributed by atoms with Crippen molar-refractivity contribution >= 4 is 22.9 Å². The minimum Gasteiger partial charge on any atom is -0.321 e. The van der Waals surface area contributed by atoms with Gasteiger partial charge in [-0.1, -0.05) is 5.16 Å². The van der Waals surface area contributed by atoms with Crippen LogP contribution in [-0.2, 0) is 0 Å². The van der Waals surface area contributed by atoms with Gasteiger partial charge in [0.2, 0.25) is 5.82 Å². The molecule has 0 aromatic carbocycles. The Morgan fingerprint density at radius 1 is 1.55 bits per heavy atom. The molecule has 2 rings (SSSR count). The molecule has 0 aliphatic heterocycles. The Balaban J connectivity index is 2.45. The maximum absolute atomic E-state index is 5.41. The Morgan fingerprint density at radius 3 is 3.00 bits per heavy atom. The van der Waals surface area contributed by atoms with Gasteiger partial charge in [0.25, 0.3) is 0 Å². The molecular weight excluding hydrogens is 186 g/mol. The van der Waals surface area contributed by atoms with E-state index in [1.54, 1.807) is 5.51 Å². The maximum Gasteiger partial charge on any atom is 0.320 e. The van der Waals surface area contributed by atoms with Gasteiger partial charge in [-0.3, -0.25) is 0 Å². The normalized spacial score (nSPS) is 10.3. The largest absolute Gasteiger partial charge is 0.321 e. The molecule has 0 radical (unpaired) electrons. The number of thiazole rings is 1. The summed E-state index contributed by atoms with van der Waals surface area (Å²) in [5.74, 6) is 0.427. The van der Waals surface area contributed by atoms with Crippen LogP contribution in [0.25, 0.3) is 11.5 Å². The van der Waals surface area contributed by atoms with E-state index in [0.717, 1.165) is 0 Å². The van der Waals surface area contributed by atoms with Crippen molar-refractivity contribution in [2.45, 2.75) is 0 Å². The predicted molar refractivity (Wildman–Crippen MR) is 40.4 cm³/mol. The van der Waals surface area contributed by atoms with E-state index >= 15 is 0 Å². The number of aromatic nitrogens is 3. The van der Waals surface area contributed by atoms with Crippen LogP contribution in [0.4, 0.5) is 0 Å². The molecule has 0 unspecified atom stereocenters. The number of nitrogens with zero attached hydrogens (tertiary/aromatic N) is 3. The summed E-state index contributed by atoms with van der Waals surface area (Å²) in [4.78, 5) is 7.76. The Labute approximate surface area is 70.8 Å². The average Bonchev–Trinajstić information content (AvgIpc) is 2.55. The Hall–Kier alpha value is -0.940. The van der Waals surface area contributed by atoms with Crippen molar-refractivity contribution < 1.29 is 4.52 Å². The van der Waals surface area contributed by atoms with E-state index in [0.29, 0.717) is 11.5 Å². The van der Waals surface area contributed by atoms with Crippen molar-refractivity contribution in [2.24, 2.45) is 0 Å². The summed E-state index contributed by atoms with van der Waals surface area (Å²) >= 11 is 6.88. The van der Waals surface area contributed by atoms with E-state index in [2.05, 4.69) is 19.6 Å². The van der Waals surface area contributed by atoms with Crippen molar-refractivity contribution in [3.05, 3.63) is 16.2 Å². The van der Waals surface area contributed by atoms with Gasteiger partial charge in [-0.2, -0.15) is 4.98 Å². The molecule has 0 atom stereocenters. The molecule has 4 nitrogen and oxygen atoms in total. The summed E-state index contributed by atoms with van der Waals surface area (Å²) < 4.78 is 4.56. The summed E-state index contributed by atoms with van der Waals surface area (Å²) in [6.07, 6.45) is 0. The SMILES string of the molecule is Clc1nc(-c2cscn2)no1. The first-order valence-corrected chi connectivity index (χ1v) is 4.06. The van der Waals surface area contributed by atoms with Crippen LogP contribution in [-0.4, -0.2) is 15.1 Å². The second-order valence-electron chi connectivity index (χ2n) is 1.74. The highest BCUT2D eigenvalue weighted by molar-refractivity contribution is 7.07. The third-order valence-corrected chi connectivity index (χ3v) is 1.80. The molecule has 2 aromatic rings. The van der Waals surface area contributed by atoms with Gasteiger partial charge in [-0.05, 0) is 11.6 Å². The first-order valence-electron chi connectivity index (χ1n) is 2.74. The summed E-state index contributed by atoms with van der Waals surface area (Å²) in [7, 11) is 0. The number of rotatable bonds is 1. The zero-order chi connectivity index (χ0) is 7.68. The highest BCUT2D eigenvalue weighted by atomic mass is 35.5. The molecule has 6 heteroatoms. The van der Waals surface area contributed by atoms with Crippen LogP contribution in [0, 0.1) is 0 Å². The Kier molecular flexibility index (Phi) is 1.59. The first kappa shape index (κ1) is 6.75. The average molecular weight is 188 g/mol. The number of hydrogen-bond acceptors (Lipinski definition) is 5. The standard InChI is InChI=1S/C5H2ClN3OS/c6-5-8-4(9-10-5)3-1-11-2-7-3/h1-2H. The minimum absolute atomic E-state index is 0.0352. The molecule has 0 aliphatic carbocycles. The quantitative estimate of drug-likeness (QED) is 0.684. The van der Waals surface area contributed by atoms with Crippen LogP contribution in [0.1, 0.15) is 0 Å². The zero-order valence-electron chi connectivity index (χ0n) is 5.19.